The van der Waals surface area contributed by atoms with E-state index in [2.05, 4.69) is 60.7 Å². The summed E-state index contributed by atoms with van der Waals surface area (Å²) in [6.45, 7) is 3.17. The molecule has 35 heavy (non-hydrogen) atoms. The van der Waals surface area contributed by atoms with Crippen LogP contribution in [0, 0.1) is 13.8 Å². The maximum Gasteiger partial charge on any atom is 0.216 e. The molecule has 6 aromatic rings. The number of para-hydroxylation sites is 1. The smallest absolute Gasteiger partial charge is 0.216 e. The van der Waals surface area contributed by atoms with Gasteiger partial charge in [-0.05, 0) is 53.2 Å². The standard InChI is InChI=1S/C33H30NO/c1-20(2)29-18-30(34(5)19-22(29)4)31-21(3)13-16-28-27-12-8-11-26(32(27)35-33(28)31)25-15-14-23-9-6-7-10-24(23)17-25/h6-20H,1-5H3/q+1/i4D3,20D. The number of nitrogens with zero attached hydrogens (tertiary/aromatic N) is 1. The van der Waals surface area contributed by atoms with E-state index in [0.29, 0.717) is 5.56 Å². The molecule has 0 saturated heterocycles. The summed E-state index contributed by atoms with van der Waals surface area (Å²) in [5.74, 6) is -1.09. The number of furan rings is 1. The zero-order valence-corrected chi connectivity index (χ0v) is 20.4. The van der Waals surface area contributed by atoms with Crippen molar-refractivity contribution >= 4 is 32.7 Å². The molecule has 0 aliphatic heterocycles. The van der Waals surface area contributed by atoms with Crippen molar-refractivity contribution < 1.29 is 14.5 Å². The molecule has 0 N–H and O–H groups in total. The lowest BCUT2D eigenvalue weighted by Crippen LogP contribution is -2.32. The molecular formula is C33H30NO+. The molecule has 6 rings (SSSR count). The predicted molar refractivity (Wildman–Crippen MR) is 147 cm³/mol. The van der Waals surface area contributed by atoms with E-state index >= 15 is 0 Å². The Balaban J connectivity index is 1.64. The summed E-state index contributed by atoms with van der Waals surface area (Å²) in [6, 6.07) is 27.1. The Hall–Kier alpha value is -3.91. The summed E-state index contributed by atoms with van der Waals surface area (Å²) in [5, 5.41) is 4.39. The second-order valence-electron chi connectivity index (χ2n) is 9.58. The van der Waals surface area contributed by atoms with E-state index in [1.54, 1.807) is 20.0 Å². The van der Waals surface area contributed by atoms with Gasteiger partial charge in [-0.3, -0.25) is 0 Å². The van der Waals surface area contributed by atoms with Gasteiger partial charge in [0.05, 0.1) is 5.56 Å². The summed E-state index contributed by atoms with van der Waals surface area (Å²) >= 11 is 0. The lowest BCUT2D eigenvalue weighted by atomic mass is 9.94. The SMILES string of the molecule is [2H]C([2H])([2H])c1c[n+](C)c(-c2c(C)ccc3c2oc2c(-c4ccc5ccccc5c4)cccc23)cc1C([2H])(C)C. The minimum absolute atomic E-state index is 0.196. The van der Waals surface area contributed by atoms with E-state index in [0.717, 1.165) is 49.9 Å². The normalized spacial score (nSPS) is 14.2. The quantitative estimate of drug-likeness (QED) is 0.242. The first-order valence-electron chi connectivity index (χ1n) is 13.9. The van der Waals surface area contributed by atoms with Gasteiger partial charge >= 0.3 is 0 Å². The van der Waals surface area contributed by atoms with Gasteiger partial charge in [-0.2, -0.15) is 0 Å². The first-order chi connectivity index (χ1) is 18.4. The zero-order chi connectivity index (χ0) is 27.7. The lowest BCUT2D eigenvalue weighted by Gasteiger charge is -2.12. The number of hydrogen-bond donors (Lipinski definition) is 0. The maximum absolute atomic E-state index is 8.73. The highest BCUT2D eigenvalue weighted by atomic mass is 16.3. The van der Waals surface area contributed by atoms with Crippen LogP contribution in [0.1, 0.15) is 41.9 Å². The Kier molecular flexibility index (Phi) is 4.05. The fraction of sp³-hybridized carbons (Fsp3) is 0.182. The van der Waals surface area contributed by atoms with Gasteiger partial charge in [-0.25, -0.2) is 4.57 Å². The third-order valence-electron chi connectivity index (χ3n) is 7.00. The van der Waals surface area contributed by atoms with Crippen molar-refractivity contribution in [2.75, 3.05) is 0 Å². The van der Waals surface area contributed by atoms with E-state index in [9.17, 15) is 0 Å². The van der Waals surface area contributed by atoms with Crippen LogP contribution in [0.5, 0.6) is 0 Å². The number of aromatic nitrogens is 1. The number of pyridine rings is 1. The highest BCUT2D eigenvalue weighted by molar-refractivity contribution is 6.13. The molecule has 0 saturated carbocycles. The molecule has 0 bridgehead atoms. The van der Waals surface area contributed by atoms with Crippen LogP contribution in [-0.4, -0.2) is 0 Å². The van der Waals surface area contributed by atoms with Crippen molar-refractivity contribution in [3.05, 3.63) is 102 Å². The van der Waals surface area contributed by atoms with Crippen LogP contribution in [0.25, 0.3) is 55.1 Å². The van der Waals surface area contributed by atoms with Gasteiger partial charge in [0.2, 0.25) is 5.69 Å². The highest BCUT2D eigenvalue weighted by Crippen LogP contribution is 2.41. The van der Waals surface area contributed by atoms with Gasteiger partial charge in [0.15, 0.2) is 6.20 Å². The average Bonchev–Trinajstić information content (AvgIpc) is 3.26. The summed E-state index contributed by atoms with van der Waals surface area (Å²) in [4.78, 5) is 0. The van der Waals surface area contributed by atoms with Crippen molar-refractivity contribution in [3.63, 3.8) is 0 Å². The van der Waals surface area contributed by atoms with Crippen LogP contribution in [0.15, 0.2) is 89.5 Å². The Bertz CT molecular complexity index is 1910. The van der Waals surface area contributed by atoms with Crippen LogP contribution in [0.3, 0.4) is 0 Å². The molecule has 0 atom stereocenters. The molecule has 0 unspecified atom stereocenters. The summed E-state index contributed by atoms with van der Waals surface area (Å²) in [5.41, 5.74) is 7.09. The van der Waals surface area contributed by atoms with E-state index in [-0.39, 0.29) is 5.56 Å². The molecule has 0 amide bonds. The molecule has 0 radical (unpaired) electrons. The first kappa shape index (κ1) is 17.5. The lowest BCUT2D eigenvalue weighted by molar-refractivity contribution is -0.660. The fourth-order valence-corrected chi connectivity index (χ4v) is 5.17. The summed E-state index contributed by atoms with van der Waals surface area (Å²) in [7, 11) is 1.85. The van der Waals surface area contributed by atoms with Crippen molar-refractivity contribution in [1.82, 2.24) is 0 Å². The molecule has 0 aliphatic rings. The summed E-state index contributed by atoms with van der Waals surface area (Å²) in [6.07, 6.45) is 1.65. The number of fused-ring (bicyclic) bond motifs is 4. The third-order valence-corrected chi connectivity index (χ3v) is 7.00. The average molecular weight is 461 g/mol. The van der Waals surface area contributed by atoms with Gasteiger partial charge in [0.1, 0.15) is 18.2 Å². The van der Waals surface area contributed by atoms with E-state index < -0.39 is 12.7 Å². The zero-order valence-electron chi connectivity index (χ0n) is 24.4. The molecule has 2 heterocycles. The summed E-state index contributed by atoms with van der Waals surface area (Å²) < 4.78 is 41.5. The molecule has 2 nitrogen and oxygen atoms in total. The second kappa shape index (κ2) is 8.09. The largest absolute Gasteiger partial charge is 0.454 e. The van der Waals surface area contributed by atoms with Crippen LogP contribution >= 0.6 is 0 Å². The fourth-order valence-electron chi connectivity index (χ4n) is 5.17. The van der Waals surface area contributed by atoms with E-state index in [1.165, 1.54) is 10.8 Å². The minimum atomic E-state index is -2.32. The molecule has 0 fully saturated rings. The first-order valence-corrected chi connectivity index (χ1v) is 11.9. The molecule has 0 aliphatic carbocycles. The van der Waals surface area contributed by atoms with Gasteiger partial charge in [-0.15, -0.1) is 0 Å². The second-order valence-corrected chi connectivity index (χ2v) is 9.58. The van der Waals surface area contributed by atoms with Gasteiger partial charge in [-0.1, -0.05) is 80.6 Å². The maximum atomic E-state index is 8.73. The molecular weight excluding hydrogens is 426 g/mol. The topological polar surface area (TPSA) is 17.0 Å². The molecule has 172 valence electrons. The van der Waals surface area contributed by atoms with Crippen LogP contribution in [-0.2, 0) is 7.05 Å². The Labute approximate surface area is 212 Å². The van der Waals surface area contributed by atoms with Gasteiger partial charge in [0, 0.05) is 33.4 Å². The number of benzene rings is 4. The number of hydrogen-bond acceptors (Lipinski definition) is 1. The van der Waals surface area contributed by atoms with Crippen molar-refractivity contribution in [3.8, 4) is 22.4 Å². The molecule has 2 heteroatoms. The number of aryl methyl sites for hydroxylation is 3. The van der Waals surface area contributed by atoms with E-state index in [1.807, 2.05) is 36.7 Å². The predicted octanol–water partition coefficient (Wildman–Crippen LogP) is 8.64. The van der Waals surface area contributed by atoms with Crippen LogP contribution < -0.4 is 4.57 Å². The van der Waals surface area contributed by atoms with Gasteiger partial charge < -0.3 is 4.42 Å². The van der Waals surface area contributed by atoms with Crippen molar-refractivity contribution in [1.29, 1.82) is 0 Å². The Morgan fingerprint density at radius 2 is 1.63 bits per heavy atom. The van der Waals surface area contributed by atoms with Crippen molar-refractivity contribution in [2.24, 2.45) is 7.05 Å². The Morgan fingerprint density at radius 1 is 0.829 bits per heavy atom. The molecule has 4 aromatic carbocycles. The molecule has 0 spiro atoms. The van der Waals surface area contributed by atoms with Crippen LogP contribution in [0.4, 0.5) is 0 Å². The third kappa shape index (κ3) is 3.44. The monoisotopic (exact) mass is 460 g/mol. The number of rotatable bonds is 3. The van der Waals surface area contributed by atoms with Crippen LogP contribution in [0.2, 0.25) is 0 Å². The highest BCUT2D eigenvalue weighted by Gasteiger charge is 2.23. The molecule has 2 aromatic heterocycles. The van der Waals surface area contributed by atoms with E-state index in [4.69, 9.17) is 9.90 Å². The van der Waals surface area contributed by atoms with Gasteiger partial charge in [0.25, 0.3) is 0 Å². The minimum Gasteiger partial charge on any atom is -0.454 e. The Morgan fingerprint density at radius 3 is 2.43 bits per heavy atom. The van der Waals surface area contributed by atoms with Crippen molar-refractivity contribution in [2.45, 2.75) is 33.5 Å².